The van der Waals surface area contributed by atoms with Gasteiger partial charge in [-0.15, -0.1) is 0 Å². The molecule has 5 rings (SSSR count). The van der Waals surface area contributed by atoms with E-state index in [2.05, 4.69) is 15.1 Å². The highest BCUT2D eigenvalue weighted by atomic mass is 19.1. The number of benzene rings is 2. The first-order valence-electron chi connectivity index (χ1n) is 9.85. The molecule has 1 atom stereocenters. The number of hydrogen-bond donors (Lipinski definition) is 2. The minimum atomic E-state index is -0.715. The van der Waals surface area contributed by atoms with Crippen molar-refractivity contribution in [2.24, 2.45) is 0 Å². The summed E-state index contributed by atoms with van der Waals surface area (Å²) in [5.41, 5.74) is 6.14. The molecule has 1 unspecified atom stereocenters. The highest BCUT2D eigenvalue weighted by molar-refractivity contribution is 5.86. The fourth-order valence-corrected chi connectivity index (χ4v) is 3.70. The molecule has 0 aliphatic rings. The molecule has 0 saturated carbocycles. The maximum absolute atomic E-state index is 14.5. The SMILES string of the molecule is CC(c1oc2cccc(F)c2c(=O)c1-c1cccc(F)c1)n1ncc2c(N)ncnc21.CO. The number of nitrogens with two attached hydrogens (primary N) is 1. The number of aliphatic hydroxyl groups excluding tert-OH is 1. The Labute approximate surface area is 185 Å². The van der Waals surface area contributed by atoms with E-state index in [1.54, 1.807) is 13.0 Å². The molecule has 0 aliphatic carbocycles. The Morgan fingerprint density at radius 1 is 1.12 bits per heavy atom. The van der Waals surface area contributed by atoms with Gasteiger partial charge >= 0.3 is 0 Å². The number of hydrogen-bond acceptors (Lipinski definition) is 7. The smallest absolute Gasteiger partial charge is 0.203 e. The summed E-state index contributed by atoms with van der Waals surface area (Å²) in [4.78, 5) is 21.6. The lowest BCUT2D eigenvalue weighted by Crippen LogP contribution is -2.17. The van der Waals surface area contributed by atoms with E-state index in [4.69, 9.17) is 15.3 Å². The highest BCUT2D eigenvalue weighted by Gasteiger charge is 2.25. The quantitative estimate of drug-likeness (QED) is 0.429. The van der Waals surface area contributed by atoms with Crippen LogP contribution in [0.5, 0.6) is 0 Å². The van der Waals surface area contributed by atoms with Gasteiger partial charge in [-0.05, 0) is 36.8 Å². The fraction of sp³-hybridized carbons (Fsp3) is 0.130. The fourth-order valence-electron chi connectivity index (χ4n) is 3.70. The van der Waals surface area contributed by atoms with Crippen molar-refractivity contribution in [3.05, 3.63) is 82.6 Å². The van der Waals surface area contributed by atoms with Crippen molar-refractivity contribution in [1.29, 1.82) is 0 Å². The molecule has 10 heteroatoms. The van der Waals surface area contributed by atoms with Crippen molar-refractivity contribution in [3.8, 4) is 11.1 Å². The Morgan fingerprint density at radius 3 is 2.64 bits per heavy atom. The summed E-state index contributed by atoms with van der Waals surface area (Å²) in [7, 11) is 1.00. The molecule has 3 N–H and O–H groups in total. The second kappa shape index (κ2) is 8.75. The van der Waals surface area contributed by atoms with Crippen molar-refractivity contribution in [1.82, 2.24) is 19.7 Å². The molecule has 0 amide bonds. The van der Waals surface area contributed by atoms with Crippen LogP contribution in [0, 0.1) is 11.6 Å². The number of halogens is 2. The lowest BCUT2D eigenvalue weighted by Gasteiger charge is -2.17. The zero-order valence-electron chi connectivity index (χ0n) is 17.7. The molecular formula is C23H19F2N5O3. The summed E-state index contributed by atoms with van der Waals surface area (Å²) in [6.45, 7) is 1.75. The second-order valence-electron chi connectivity index (χ2n) is 7.06. The van der Waals surface area contributed by atoms with Gasteiger partial charge in [0.15, 0.2) is 5.65 Å². The number of aliphatic hydroxyl groups is 1. The van der Waals surface area contributed by atoms with E-state index in [9.17, 15) is 13.6 Å². The molecule has 33 heavy (non-hydrogen) atoms. The van der Waals surface area contributed by atoms with Crippen molar-refractivity contribution in [3.63, 3.8) is 0 Å². The molecule has 3 heterocycles. The molecule has 0 aliphatic heterocycles. The third kappa shape index (κ3) is 3.70. The van der Waals surface area contributed by atoms with E-state index in [0.717, 1.165) is 7.11 Å². The van der Waals surface area contributed by atoms with Crippen molar-refractivity contribution in [2.75, 3.05) is 12.8 Å². The normalized spacial score (nSPS) is 11.9. The number of nitrogens with zero attached hydrogens (tertiary/aromatic N) is 4. The topological polar surface area (TPSA) is 120 Å². The molecule has 0 fully saturated rings. The highest BCUT2D eigenvalue weighted by Crippen LogP contribution is 2.33. The van der Waals surface area contributed by atoms with Gasteiger partial charge in [-0.3, -0.25) is 4.79 Å². The van der Waals surface area contributed by atoms with Gasteiger partial charge in [0.25, 0.3) is 0 Å². The average molecular weight is 451 g/mol. The van der Waals surface area contributed by atoms with Crippen LogP contribution in [0.25, 0.3) is 33.1 Å². The summed E-state index contributed by atoms with van der Waals surface area (Å²) in [5, 5.41) is 11.7. The standard InChI is InChI=1S/C22H15F2N5O2.CH4O/c1-11(29-22-14(9-28-29)21(25)26-10-27-22)20-17(12-4-2-5-13(23)8-12)19(30)18-15(24)6-3-7-16(18)31-20;1-2/h2-11H,1H3,(H2,25,26,27);2H,1H3. The van der Waals surface area contributed by atoms with Crippen LogP contribution in [0.15, 0.2) is 64.2 Å². The molecule has 5 aromatic rings. The molecule has 168 valence electrons. The number of nitrogen functional groups attached to an aromatic ring is 1. The first-order valence-corrected chi connectivity index (χ1v) is 9.85. The summed E-state index contributed by atoms with van der Waals surface area (Å²) < 4.78 is 36.0. The summed E-state index contributed by atoms with van der Waals surface area (Å²) in [6.07, 6.45) is 2.82. The van der Waals surface area contributed by atoms with Crippen LogP contribution in [-0.2, 0) is 0 Å². The minimum absolute atomic E-state index is 0.0512. The zero-order valence-corrected chi connectivity index (χ0v) is 17.7. The molecule has 0 bridgehead atoms. The number of rotatable bonds is 3. The third-order valence-corrected chi connectivity index (χ3v) is 5.18. The van der Waals surface area contributed by atoms with Gasteiger partial charge in [0.1, 0.15) is 46.6 Å². The van der Waals surface area contributed by atoms with Crippen LogP contribution in [0.2, 0.25) is 0 Å². The number of aromatic nitrogens is 4. The molecule has 3 aromatic heterocycles. The van der Waals surface area contributed by atoms with Gasteiger partial charge in [-0.2, -0.15) is 5.10 Å². The summed E-state index contributed by atoms with van der Waals surface area (Å²) in [5.74, 6) is -0.797. The Balaban J connectivity index is 0.00000126. The van der Waals surface area contributed by atoms with E-state index < -0.39 is 23.1 Å². The molecule has 0 saturated heterocycles. The van der Waals surface area contributed by atoms with Crippen LogP contribution >= 0.6 is 0 Å². The van der Waals surface area contributed by atoms with Gasteiger partial charge in [-0.1, -0.05) is 18.2 Å². The van der Waals surface area contributed by atoms with Gasteiger partial charge in [-0.25, -0.2) is 23.4 Å². The predicted octanol–water partition coefficient (Wildman–Crippen LogP) is 3.68. The van der Waals surface area contributed by atoms with Crippen molar-refractivity contribution < 1.29 is 18.3 Å². The first-order chi connectivity index (χ1) is 16.0. The minimum Gasteiger partial charge on any atom is -0.458 e. The number of anilines is 1. The number of fused-ring (bicyclic) bond motifs is 2. The van der Waals surface area contributed by atoms with Crippen LogP contribution in [0.1, 0.15) is 18.7 Å². The first kappa shape index (κ1) is 22.0. The van der Waals surface area contributed by atoms with E-state index in [1.165, 1.54) is 53.6 Å². The lowest BCUT2D eigenvalue weighted by molar-refractivity contribution is 0.399. The van der Waals surface area contributed by atoms with Gasteiger partial charge < -0.3 is 15.3 Å². The maximum Gasteiger partial charge on any atom is 0.203 e. The van der Waals surface area contributed by atoms with Crippen LogP contribution < -0.4 is 11.2 Å². The Morgan fingerprint density at radius 2 is 1.88 bits per heavy atom. The molecular weight excluding hydrogens is 432 g/mol. The second-order valence-corrected chi connectivity index (χ2v) is 7.06. The van der Waals surface area contributed by atoms with Gasteiger partial charge in [0.05, 0.1) is 17.1 Å². The van der Waals surface area contributed by atoms with Crippen molar-refractivity contribution >= 4 is 27.8 Å². The Kier molecular flexibility index (Phi) is 5.84. The monoisotopic (exact) mass is 451 g/mol. The van der Waals surface area contributed by atoms with Gasteiger partial charge in [0.2, 0.25) is 5.43 Å². The Bertz CT molecular complexity index is 1530. The van der Waals surface area contributed by atoms with E-state index in [1.807, 2.05) is 0 Å². The molecule has 8 nitrogen and oxygen atoms in total. The van der Waals surface area contributed by atoms with Gasteiger partial charge in [0, 0.05) is 7.11 Å². The van der Waals surface area contributed by atoms with Crippen LogP contribution in [0.3, 0.4) is 0 Å². The lowest BCUT2D eigenvalue weighted by atomic mass is 9.99. The predicted molar refractivity (Wildman–Crippen MR) is 120 cm³/mol. The van der Waals surface area contributed by atoms with E-state index >= 15 is 0 Å². The maximum atomic E-state index is 14.5. The third-order valence-electron chi connectivity index (χ3n) is 5.18. The summed E-state index contributed by atoms with van der Waals surface area (Å²) >= 11 is 0. The zero-order chi connectivity index (χ0) is 23.7. The molecule has 0 spiro atoms. The van der Waals surface area contributed by atoms with Crippen LogP contribution in [0.4, 0.5) is 14.6 Å². The summed E-state index contributed by atoms with van der Waals surface area (Å²) in [6, 6.07) is 9.00. The van der Waals surface area contributed by atoms with Crippen LogP contribution in [-0.4, -0.2) is 32.0 Å². The Hall–Kier alpha value is -4.18. The van der Waals surface area contributed by atoms with E-state index in [-0.39, 0.29) is 33.7 Å². The average Bonchev–Trinajstić information content (AvgIpc) is 3.25. The largest absolute Gasteiger partial charge is 0.458 e. The van der Waals surface area contributed by atoms with Crippen molar-refractivity contribution in [2.45, 2.75) is 13.0 Å². The molecule has 2 aromatic carbocycles. The van der Waals surface area contributed by atoms with E-state index in [0.29, 0.717) is 11.0 Å². The molecule has 0 radical (unpaired) electrons.